The number of carbonyl (C=O) groups is 1. The summed E-state index contributed by atoms with van der Waals surface area (Å²) in [7, 11) is 0. The molecule has 4 aliphatic carbocycles. The Morgan fingerprint density at radius 1 is 1.10 bits per heavy atom. The lowest BCUT2D eigenvalue weighted by atomic mass is 9.47. The Balaban J connectivity index is 1.36. The number of rotatable bonds is 3. The summed E-state index contributed by atoms with van der Waals surface area (Å²) in [6.45, 7) is 5.55. The minimum absolute atomic E-state index is 0.0884. The zero-order valence-electron chi connectivity index (χ0n) is 18.2. The third-order valence-electron chi connectivity index (χ3n) is 9.48. The lowest BCUT2D eigenvalue weighted by molar-refractivity contribution is -0.121. The fraction of sp³-hybridized carbons (Fsp3) is 0.654. The van der Waals surface area contributed by atoms with Gasteiger partial charge in [0.05, 0.1) is 6.10 Å². The maximum absolute atomic E-state index is 13.2. The number of nitrogens with one attached hydrogen (secondary N) is 1. The molecule has 0 radical (unpaired) electrons. The van der Waals surface area contributed by atoms with Crippen LogP contribution in [0, 0.1) is 34.5 Å². The van der Waals surface area contributed by atoms with Gasteiger partial charge in [-0.15, -0.1) is 0 Å². The molecule has 0 aromatic heterocycles. The van der Waals surface area contributed by atoms with E-state index in [1.807, 2.05) is 24.3 Å². The maximum atomic E-state index is 13.2. The average Bonchev–Trinajstić information content (AvgIpc) is 2.98. The summed E-state index contributed by atoms with van der Waals surface area (Å²) < 4.78 is 0. The Morgan fingerprint density at radius 3 is 2.63 bits per heavy atom. The minimum Gasteiger partial charge on any atom is -0.393 e. The number of anilines is 1. The summed E-state index contributed by atoms with van der Waals surface area (Å²) in [4.78, 5) is 13.2. The van der Waals surface area contributed by atoms with E-state index in [0.717, 1.165) is 55.8 Å². The minimum atomic E-state index is -0.161. The van der Waals surface area contributed by atoms with E-state index in [9.17, 15) is 9.90 Å². The Bertz CT molecular complexity index is 864. The van der Waals surface area contributed by atoms with Gasteiger partial charge in [0.25, 0.3) is 0 Å². The Labute approximate surface area is 185 Å². The molecule has 0 unspecified atom stereocenters. The topological polar surface area (TPSA) is 49.3 Å². The fourth-order valence-corrected chi connectivity index (χ4v) is 7.79. The first-order valence-electron chi connectivity index (χ1n) is 11.7. The van der Waals surface area contributed by atoms with E-state index >= 15 is 0 Å². The van der Waals surface area contributed by atoms with Crippen LogP contribution in [-0.4, -0.2) is 23.5 Å². The number of hydrogen-bond donors (Lipinski definition) is 2. The first kappa shape index (κ1) is 20.6. The van der Waals surface area contributed by atoms with E-state index in [1.54, 1.807) is 0 Å². The predicted octanol–water partition coefficient (Wildman–Crippen LogP) is 5.87. The van der Waals surface area contributed by atoms with Crippen molar-refractivity contribution in [3.05, 3.63) is 40.9 Å². The highest BCUT2D eigenvalue weighted by Crippen LogP contribution is 2.65. The standard InChI is InChI=1S/C26H34ClNO2/c1-25-11-9-19(29)13-16(25)3-8-20-21(25)10-12-26(2)22(20)14-24(30)23(26)15-28-18-6-4-17(27)5-7-18/h3-7,19-23,28-29H,8-15H2,1-2H3/t19-,20+,21-,22-,23-,25-,26-/m0/s1. The van der Waals surface area contributed by atoms with Crippen molar-refractivity contribution in [3.8, 4) is 0 Å². The molecular weight excluding hydrogens is 394 g/mol. The first-order valence-corrected chi connectivity index (χ1v) is 12.1. The summed E-state index contributed by atoms with van der Waals surface area (Å²) >= 11 is 6.01. The second-order valence-electron chi connectivity index (χ2n) is 10.8. The molecule has 4 aliphatic rings. The number of ketones is 1. The van der Waals surface area contributed by atoms with Crippen molar-refractivity contribution in [2.45, 2.75) is 64.9 Å². The third kappa shape index (κ3) is 3.15. The lowest BCUT2D eigenvalue weighted by Gasteiger charge is -2.57. The zero-order chi connectivity index (χ0) is 21.1. The second kappa shape index (κ2) is 7.38. The smallest absolute Gasteiger partial charge is 0.138 e. The monoisotopic (exact) mass is 427 g/mol. The molecule has 162 valence electrons. The molecule has 0 aliphatic heterocycles. The van der Waals surface area contributed by atoms with Gasteiger partial charge in [-0.25, -0.2) is 0 Å². The molecule has 1 aromatic rings. The normalized spacial score (nSPS) is 42.7. The highest BCUT2D eigenvalue weighted by atomic mass is 35.5. The quantitative estimate of drug-likeness (QED) is 0.593. The van der Waals surface area contributed by atoms with Crippen molar-refractivity contribution >= 4 is 23.1 Å². The molecule has 1 aromatic carbocycles. The number of fused-ring (bicyclic) bond motifs is 5. The largest absolute Gasteiger partial charge is 0.393 e. The summed E-state index contributed by atoms with van der Waals surface area (Å²) in [6, 6.07) is 7.77. The molecule has 0 heterocycles. The predicted molar refractivity (Wildman–Crippen MR) is 122 cm³/mol. The summed E-state index contributed by atoms with van der Waals surface area (Å²) in [6.07, 6.45) is 9.35. The molecule has 30 heavy (non-hydrogen) atoms. The van der Waals surface area contributed by atoms with E-state index in [4.69, 9.17) is 11.6 Å². The molecule has 0 saturated heterocycles. The van der Waals surface area contributed by atoms with Gasteiger partial charge in [0, 0.05) is 29.6 Å². The Hall–Kier alpha value is -1.32. The second-order valence-corrected chi connectivity index (χ2v) is 11.2. The van der Waals surface area contributed by atoms with Gasteiger partial charge in [0.2, 0.25) is 0 Å². The van der Waals surface area contributed by atoms with Crippen molar-refractivity contribution in [1.29, 1.82) is 0 Å². The van der Waals surface area contributed by atoms with Crippen LogP contribution in [0.5, 0.6) is 0 Å². The van der Waals surface area contributed by atoms with Crippen LogP contribution in [0.1, 0.15) is 58.8 Å². The highest BCUT2D eigenvalue weighted by molar-refractivity contribution is 6.30. The average molecular weight is 428 g/mol. The number of aliphatic hydroxyl groups excluding tert-OH is 1. The van der Waals surface area contributed by atoms with Crippen LogP contribution in [0.4, 0.5) is 5.69 Å². The molecule has 0 amide bonds. The van der Waals surface area contributed by atoms with Crippen LogP contribution in [-0.2, 0) is 4.79 Å². The third-order valence-corrected chi connectivity index (χ3v) is 9.73. The van der Waals surface area contributed by atoms with Crippen molar-refractivity contribution in [1.82, 2.24) is 0 Å². The number of hydrogen-bond acceptors (Lipinski definition) is 3. The highest BCUT2D eigenvalue weighted by Gasteiger charge is 2.60. The van der Waals surface area contributed by atoms with Gasteiger partial charge < -0.3 is 10.4 Å². The van der Waals surface area contributed by atoms with Gasteiger partial charge >= 0.3 is 0 Å². The number of halogens is 1. The van der Waals surface area contributed by atoms with Gasteiger partial charge in [0.1, 0.15) is 5.78 Å². The van der Waals surface area contributed by atoms with Gasteiger partial charge in [-0.3, -0.25) is 4.79 Å². The summed E-state index contributed by atoms with van der Waals surface area (Å²) in [5.41, 5.74) is 2.85. The molecule has 0 bridgehead atoms. The number of Topliss-reactive ketones (excluding diaryl/α,β-unsaturated/α-hetero) is 1. The molecule has 3 saturated carbocycles. The fourth-order valence-electron chi connectivity index (χ4n) is 7.67. The lowest BCUT2D eigenvalue weighted by Crippen LogP contribution is -2.51. The molecule has 5 rings (SSSR count). The van der Waals surface area contributed by atoms with Crippen LogP contribution >= 0.6 is 11.6 Å². The first-order chi connectivity index (χ1) is 14.3. The SMILES string of the molecule is C[C@]12CC[C@H]3[C@@H](CC=C4C[C@@H](O)CC[C@@]43C)[C@@H]1CC(=O)[C@@H]2CNc1ccc(Cl)cc1. The van der Waals surface area contributed by atoms with Crippen molar-refractivity contribution in [2.75, 3.05) is 11.9 Å². The van der Waals surface area contributed by atoms with Gasteiger partial charge in [0.15, 0.2) is 0 Å². The molecule has 4 heteroatoms. The molecule has 3 fully saturated rings. The van der Waals surface area contributed by atoms with Crippen molar-refractivity contribution in [2.24, 2.45) is 34.5 Å². The van der Waals surface area contributed by atoms with Crippen molar-refractivity contribution < 1.29 is 9.90 Å². The number of allylic oxidation sites excluding steroid dienone is 1. The molecule has 2 N–H and O–H groups in total. The van der Waals surface area contributed by atoms with E-state index in [2.05, 4.69) is 25.2 Å². The van der Waals surface area contributed by atoms with E-state index in [-0.39, 0.29) is 22.9 Å². The summed E-state index contributed by atoms with van der Waals surface area (Å²) in [5, 5.41) is 14.4. The number of benzene rings is 1. The molecular formula is C26H34ClNO2. The summed E-state index contributed by atoms with van der Waals surface area (Å²) in [5.74, 6) is 2.30. The van der Waals surface area contributed by atoms with Gasteiger partial charge in [-0.05, 0) is 91.4 Å². The number of carbonyl (C=O) groups excluding carboxylic acids is 1. The van der Waals surface area contributed by atoms with Crippen LogP contribution in [0.25, 0.3) is 0 Å². The molecule has 0 spiro atoms. The van der Waals surface area contributed by atoms with E-state index in [0.29, 0.717) is 23.5 Å². The van der Waals surface area contributed by atoms with E-state index < -0.39 is 0 Å². The van der Waals surface area contributed by atoms with Crippen LogP contribution < -0.4 is 5.32 Å². The maximum Gasteiger partial charge on any atom is 0.138 e. The molecule has 7 atom stereocenters. The van der Waals surface area contributed by atoms with Crippen LogP contribution in [0.2, 0.25) is 5.02 Å². The van der Waals surface area contributed by atoms with Gasteiger partial charge in [-0.1, -0.05) is 37.1 Å². The number of aliphatic hydroxyl groups is 1. The Morgan fingerprint density at radius 2 is 1.87 bits per heavy atom. The van der Waals surface area contributed by atoms with E-state index in [1.165, 1.54) is 12.0 Å². The molecule has 3 nitrogen and oxygen atoms in total. The zero-order valence-corrected chi connectivity index (χ0v) is 18.9. The van der Waals surface area contributed by atoms with Crippen LogP contribution in [0.3, 0.4) is 0 Å². The Kier molecular flexibility index (Phi) is 5.06. The van der Waals surface area contributed by atoms with Crippen LogP contribution in [0.15, 0.2) is 35.9 Å². The van der Waals surface area contributed by atoms with Crippen molar-refractivity contribution in [3.63, 3.8) is 0 Å². The van der Waals surface area contributed by atoms with Gasteiger partial charge in [-0.2, -0.15) is 0 Å².